The SMILES string of the molecule is CCc1cncc[n+]1CC(=O)c1ccccc1. The van der Waals surface area contributed by atoms with E-state index < -0.39 is 0 Å². The highest BCUT2D eigenvalue weighted by Gasteiger charge is 2.14. The molecule has 1 aromatic heterocycles. The number of benzene rings is 1. The monoisotopic (exact) mass is 227 g/mol. The van der Waals surface area contributed by atoms with E-state index in [2.05, 4.69) is 11.9 Å². The lowest BCUT2D eigenvalue weighted by molar-refractivity contribution is -0.691. The first kappa shape index (κ1) is 11.5. The summed E-state index contributed by atoms with van der Waals surface area (Å²) >= 11 is 0. The van der Waals surface area contributed by atoms with Crippen LogP contribution in [0.4, 0.5) is 0 Å². The van der Waals surface area contributed by atoms with Crippen LogP contribution in [0.2, 0.25) is 0 Å². The van der Waals surface area contributed by atoms with Crippen molar-refractivity contribution in [3.05, 3.63) is 60.2 Å². The Bertz CT molecular complexity index is 509. The van der Waals surface area contributed by atoms with Crippen molar-refractivity contribution in [2.75, 3.05) is 0 Å². The Morgan fingerprint density at radius 1 is 1.29 bits per heavy atom. The van der Waals surface area contributed by atoms with Crippen molar-refractivity contribution in [3.63, 3.8) is 0 Å². The van der Waals surface area contributed by atoms with Crippen molar-refractivity contribution >= 4 is 5.78 Å². The summed E-state index contributed by atoms with van der Waals surface area (Å²) in [5.74, 6) is 0.122. The first-order valence-corrected chi connectivity index (χ1v) is 5.72. The highest BCUT2D eigenvalue weighted by molar-refractivity contribution is 5.94. The summed E-state index contributed by atoms with van der Waals surface area (Å²) in [6.45, 7) is 2.43. The fraction of sp³-hybridized carbons (Fsp3) is 0.214. The average Bonchev–Trinajstić information content (AvgIpc) is 2.40. The van der Waals surface area contributed by atoms with Crippen molar-refractivity contribution in [2.45, 2.75) is 19.9 Å². The van der Waals surface area contributed by atoms with E-state index in [1.807, 2.05) is 41.1 Å². The Balaban J connectivity index is 2.19. The molecule has 0 aliphatic carbocycles. The first-order valence-electron chi connectivity index (χ1n) is 5.72. The predicted octanol–water partition coefficient (Wildman–Crippen LogP) is 1.81. The maximum absolute atomic E-state index is 12.0. The topological polar surface area (TPSA) is 33.8 Å². The highest BCUT2D eigenvalue weighted by atomic mass is 16.1. The number of nitrogens with zero attached hydrogens (tertiary/aromatic N) is 2. The Morgan fingerprint density at radius 3 is 2.76 bits per heavy atom. The summed E-state index contributed by atoms with van der Waals surface area (Å²) < 4.78 is 1.95. The van der Waals surface area contributed by atoms with Gasteiger partial charge in [0.2, 0.25) is 12.3 Å². The maximum Gasteiger partial charge on any atom is 0.227 e. The maximum atomic E-state index is 12.0. The Kier molecular flexibility index (Phi) is 3.60. The standard InChI is InChI=1S/C14H15N2O/c1-2-13-10-15-8-9-16(13)11-14(17)12-6-4-3-5-7-12/h3-10H,2,11H2,1H3/q+1. The zero-order chi connectivity index (χ0) is 12.1. The summed E-state index contributed by atoms with van der Waals surface area (Å²) in [6.07, 6.45) is 6.23. The van der Waals surface area contributed by atoms with Gasteiger partial charge < -0.3 is 0 Å². The van der Waals surface area contributed by atoms with E-state index in [9.17, 15) is 4.79 Å². The van der Waals surface area contributed by atoms with Crippen LogP contribution >= 0.6 is 0 Å². The van der Waals surface area contributed by atoms with Crippen LogP contribution in [0.3, 0.4) is 0 Å². The van der Waals surface area contributed by atoms with Gasteiger partial charge in [0, 0.05) is 12.0 Å². The largest absolute Gasteiger partial charge is 0.287 e. The summed E-state index contributed by atoms with van der Waals surface area (Å²) in [5.41, 5.74) is 1.82. The quantitative estimate of drug-likeness (QED) is 0.589. The molecule has 0 fully saturated rings. The van der Waals surface area contributed by atoms with E-state index in [1.54, 1.807) is 12.4 Å². The molecule has 2 aromatic rings. The normalized spacial score (nSPS) is 10.2. The Labute approximate surface area is 101 Å². The minimum atomic E-state index is 0.122. The third kappa shape index (κ3) is 2.75. The van der Waals surface area contributed by atoms with E-state index in [4.69, 9.17) is 0 Å². The van der Waals surface area contributed by atoms with Gasteiger partial charge in [0.15, 0.2) is 11.9 Å². The number of carbonyl (C=O) groups is 1. The first-order chi connectivity index (χ1) is 8.31. The van der Waals surface area contributed by atoms with E-state index >= 15 is 0 Å². The number of Topliss-reactive ketones (excluding diaryl/α,β-unsaturated/α-hetero) is 1. The van der Waals surface area contributed by atoms with Gasteiger partial charge >= 0.3 is 0 Å². The van der Waals surface area contributed by atoms with Crippen molar-refractivity contribution in [1.29, 1.82) is 0 Å². The van der Waals surface area contributed by atoms with E-state index in [-0.39, 0.29) is 5.78 Å². The number of hydrogen-bond donors (Lipinski definition) is 0. The summed E-state index contributed by atoms with van der Waals surface area (Å²) in [5, 5.41) is 0. The molecule has 0 amide bonds. The molecule has 0 unspecified atom stereocenters. The number of hydrogen-bond acceptors (Lipinski definition) is 2. The predicted molar refractivity (Wildman–Crippen MR) is 64.6 cm³/mol. The van der Waals surface area contributed by atoms with E-state index in [0.717, 1.165) is 17.7 Å². The molecule has 0 spiro atoms. The lowest BCUT2D eigenvalue weighted by Gasteiger charge is -2.01. The van der Waals surface area contributed by atoms with Crippen LogP contribution in [0.1, 0.15) is 23.0 Å². The molecule has 2 rings (SSSR count). The lowest BCUT2D eigenvalue weighted by atomic mass is 10.1. The van der Waals surface area contributed by atoms with E-state index in [0.29, 0.717) is 6.54 Å². The van der Waals surface area contributed by atoms with Crippen LogP contribution in [-0.4, -0.2) is 10.8 Å². The number of carbonyl (C=O) groups excluding carboxylic acids is 1. The van der Waals surface area contributed by atoms with Gasteiger partial charge in [-0.25, -0.2) is 0 Å². The van der Waals surface area contributed by atoms with Gasteiger partial charge in [0.1, 0.15) is 0 Å². The fourth-order valence-corrected chi connectivity index (χ4v) is 1.74. The molecule has 0 N–H and O–H groups in total. The van der Waals surface area contributed by atoms with Crippen molar-refractivity contribution in [3.8, 4) is 0 Å². The summed E-state index contributed by atoms with van der Waals surface area (Å²) in [7, 11) is 0. The van der Waals surface area contributed by atoms with Gasteiger partial charge in [0.05, 0.1) is 12.4 Å². The van der Waals surface area contributed by atoms with Gasteiger partial charge in [0.25, 0.3) is 0 Å². The van der Waals surface area contributed by atoms with Gasteiger partial charge in [-0.15, -0.1) is 0 Å². The molecular formula is C14H15N2O+. The molecule has 0 aliphatic heterocycles. The minimum Gasteiger partial charge on any atom is -0.287 e. The highest BCUT2D eigenvalue weighted by Crippen LogP contribution is 2.00. The zero-order valence-corrected chi connectivity index (χ0v) is 9.84. The zero-order valence-electron chi connectivity index (χ0n) is 9.84. The van der Waals surface area contributed by atoms with Gasteiger partial charge in [-0.05, 0) is 0 Å². The molecule has 0 saturated carbocycles. The van der Waals surface area contributed by atoms with E-state index in [1.165, 1.54) is 0 Å². The molecule has 1 aromatic carbocycles. The third-order valence-electron chi connectivity index (χ3n) is 2.70. The summed E-state index contributed by atoms with van der Waals surface area (Å²) in [6, 6.07) is 9.36. The van der Waals surface area contributed by atoms with Crippen LogP contribution in [0.25, 0.3) is 0 Å². The second-order valence-electron chi connectivity index (χ2n) is 3.84. The van der Waals surface area contributed by atoms with Crippen LogP contribution < -0.4 is 4.57 Å². The third-order valence-corrected chi connectivity index (χ3v) is 2.70. The molecule has 0 bridgehead atoms. The number of rotatable bonds is 4. The molecule has 0 saturated heterocycles. The molecule has 0 radical (unpaired) electrons. The van der Waals surface area contributed by atoms with Crippen molar-refractivity contribution in [1.82, 2.24) is 4.98 Å². The van der Waals surface area contributed by atoms with Gasteiger partial charge in [-0.1, -0.05) is 37.3 Å². The van der Waals surface area contributed by atoms with Crippen molar-refractivity contribution in [2.24, 2.45) is 0 Å². The Morgan fingerprint density at radius 2 is 2.06 bits per heavy atom. The smallest absolute Gasteiger partial charge is 0.227 e. The molecule has 1 heterocycles. The van der Waals surface area contributed by atoms with Crippen LogP contribution in [0, 0.1) is 0 Å². The van der Waals surface area contributed by atoms with Gasteiger partial charge in [-0.3, -0.25) is 9.78 Å². The Hall–Kier alpha value is -2.03. The van der Waals surface area contributed by atoms with Crippen molar-refractivity contribution < 1.29 is 9.36 Å². The minimum absolute atomic E-state index is 0.122. The number of aryl methyl sites for hydroxylation is 1. The molecule has 3 heteroatoms. The fourth-order valence-electron chi connectivity index (χ4n) is 1.74. The molecular weight excluding hydrogens is 212 g/mol. The van der Waals surface area contributed by atoms with Crippen LogP contribution in [-0.2, 0) is 13.0 Å². The average molecular weight is 227 g/mol. The molecule has 3 nitrogen and oxygen atoms in total. The number of aromatic nitrogens is 2. The lowest BCUT2D eigenvalue weighted by Crippen LogP contribution is -2.41. The van der Waals surface area contributed by atoms with Crippen LogP contribution in [0.15, 0.2) is 48.9 Å². The second-order valence-corrected chi connectivity index (χ2v) is 3.84. The van der Waals surface area contributed by atoms with Gasteiger partial charge in [-0.2, -0.15) is 4.57 Å². The number of ketones is 1. The molecule has 0 atom stereocenters. The molecule has 0 aliphatic rings. The molecule has 17 heavy (non-hydrogen) atoms. The molecule has 86 valence electrons. The second kappa shape index (κ2) is 5.34. The summed E-state index contributed by atoms with van der Waals surface area (Å²) in [4.78, 5) is 16.1. The van der Waals surface area contributed by atoms with Crippen LogP contribution in [0.5, 0.6) is 0 Å².